The molecule has 1 N–H and O–H groups in total. The van der Waals surface area contributed by atoms with Crippen LogP contribution < -0.4 is 4.72 Å². The van der Waals surface area contributed by atoms with Gasteiger partial charge in [-0.05, 0) is 24.3 Å². The summed E-state index contributed by atoms with van der Waals surface area (Å²) in [7, 11) is -3.98. The lowest BCUT2D eigenvalue weighted by Gasteiger charge is -2.09. The molecule has 2 aromatic rings. The van der Waals surface area contributed by atoms with Gasteiger partial charge in [0, 0.05) is 6.20 Å². The Bertz CT molecular complexity index is 803. The van der Waals surface area contributed by atoms with E-state index in [0.29, 0.717) is 0 Å². The van der Waals surface area contributed by atoms with Gasteiger partial charge in [0.05, 0.1) is 27.4 Å². The van der Waals surface area contributed by atoms with Crippen molar-refractivity contribution in [3.05, 3.63) is 53.1 Å². The third-order valence-electron chi connectivity index (χ3n) is 2.38. The van der Waals surface area contributed by atoms with Gasteiger partial charge in [-0.25, -0.2) is 12.8 Å². The summed E-state index contributed by atoms with van der Waals surface area (Å²) in [6, 6.07) is 5.92. The zero-order valence-corrected chi connectivity index (χ0v) is 11.4. The van der Waals surface area contributed by atoms with Gasteiger partial charge in [0.15, 0.2) is 0 Å². The first-order chi connectivity index (χ1) is 9.44. The first-order valence-corrected chi connectivity index (χ1v) is 7.12. The van der Waals surface area contributed by atoms with E-state index in [2.05, 4.69) is 9.71 Å². The van der Waals surface area contributed by atoms with E-state index in [1.807, 2.05) is 0 Å². The molecule has 0 saturated heterocycles. The Morgan fingerprint density at radius 2 is 2.10 bits per heavy atom. The Morgan fingerprint density at radius 3 is 2.75 bits per heavy atom. The lowest BCUT2D eigenvalue weighted by atomic mass is 10.2. The van der Waals surface area contributed by atoms with E-state index in [9.17, 15) is 12.8 Å². The molecule has 0 atom stereocenters. The molecule has 5 nitrogen and oxygen atoms in total. The average Bonchev–Trinajstić information content (AvgIpc) is 2.41. The van der Waals surface area contributed by atoms with Gasteiger partial charge in [-0.3, -0.25) is 9.71 Å². The molecule has 0 fully saturated rings. The van der Waals surface area contributed by atoms with E-state index in [1.165, 1.54) is 18.5 Å². The Morgan fingerprint density at radius 1 is 1.35 bits per heavy atom. The van der Waals surface area contributed by atoms with Gasteiger partial charge in [0.25, 0.3) is 10.0 Å². The van der Waals surface area contributed by atoms with Gasteiger partial charge < -0.3 is 0 Å². The number of pyridine rings is 1. The smallest absolute Gasteiger partial charge is 0.262 e. The maximum atomic E-state index is 13.2. The Kier molecular flexibility index (Phi) is 3.88. The maximum absolute atomic E-state index is 13.2. The molecule has 8 heteroatoms. The lowest BCUT2D eigenvalue weighted by molar-refractivity contribution is 0.599. The number of hydrogen-bond acceptors (Lipinski definition) is 4. The number of nitrogens with zero attached hydrogens (tertiary/aromatic N) is 2. The molecular weight excluding hydrogens is 305 g/mol. The summed E-state index contributed by atoms with van der Waals surface area (Å²) in [5.41, 5.74) is -0.262. The standard InChI is InChI=1S/C12H7ClFN3O2S/c13-10-3-4-16-7-12(10)17-20(18,19)9-1-2-11(14)8(5-9)6-15/h1-5,7,17H. The molecule has 0 bridgehead atoms. The monoisotopic (exact) mass is 311 g/mol. The molecule has 1 heterocycles. The van der Waals surface area contributed by atoms with Crippen LogP contribution >= 0.6 is 11.6 Å². The number of nitrogens with one attached hydrogen (secondary N) is 1. The van der Waals surface area contributed by atoms with Crippen molar-refractivity contribution in [2.75, 3.05) is 4.72 Å². The fraction of sp³-hybridized carbons (Fsp3) is 0. The Labute approximate surface area is 119 Å². The summed E-state index contributed by atoms with van der Waals surface area (Å²) >= 11 is 5.82. The van der Waals surface area contributed by atoms with Crippen molar-refractivity contribution < 1.29 is 12.8 Å². The van der Waals surface area contributed by atoms with Crippen LogP contribution in [-0.4, -0.2) is 13.4 Å². The molecule has 0 aliphatic carbocycles. The summed E-state index contributed by atoms with van der Waals surface area (Å²) in [4.78, 5) is 3.51. The van der Waals surface area contributed by atoms with Gasteiger partial charge in [-0.2, -0.15) is 5.26 Å². The highest BCUT2D eigenvalue weighted by Gasteiger charge is 2.17. The number of aromatic nitrogens is 1. The first kappa shape index (κ1) is 14.2. The van der Waals surface area contributed by atoms with Crippen LogP contribution in [0, 0.1) is 17.1 Å². The average molecular weight is 312 g/mol. The van der Waals surface area contributed by atoms with Crippen molar-refractivity contribution >= 4 is 27.3 Å². The predicted molar refractivity (Wildman–Crippen MR) is 71.2 cm³/mol. The zero-order valence-electron chi connectivity index (χ0n) is 9.84. The molecule has 0 aliphatic heterocycles. The van der Waals surface area contributed by atoms with Crippen LogP contribution in [-0.2, 0) is 10.0 Å². The van der Waals surface area contributed by atoms with E-state index in [0.717, 1.165) is 18.2 Å². The molecule has 0 aliphatic rings. The second-order valence-electron chi connectivity index (χ2n) is 3.71. The molecule has 102 valence electrons. The lowest BCUT2D eigenvalue weighted by Crippen LogP contribution is -2.13. The molecule has 0 amide bonds. The van der Waals surface area contributed by atoms with E-state index >= 15 is 0 Å². The van der Waals surface area contributed by atoms with Crippen molar-refractivity contribution in [3.63, 3.8) is 0 Å². The molecule has 20 heavy (non-hydrogen) atoms. The van der Waals surface area contributed by atoms with Gasteiger partial charge in [0.2, 0.25) is 0 Å². The zero-order chi connectivity index (χ0) is 14.8. The van der Waals surface area contributed by atoms with Crippen molar-refractivity contribution in [2.45, 2.75) is 4.90 Å². The summed E-state index contributed by atoms with van der Waals surface area (Å²) in [6.07, 6.45) is 2.65. The molecule has 0 unspecified atom stereocenters. The second kappa shape index (κ2) is 5.45. The van der Waals surface area contributed by atoms with Crippen LogP contribution in [0.4, 0.5) is 10.1 Å². The fourth-order valence-electron chi connectivity index (χ4n) is 1.41. The van der Waals surface area contributed by atoms with Crippen LogP contribution in [0.25, 0.3) is 0 Å². The van der Waals surface area contributed by atoms with E-state index in [-0.39, 0.29) is 21.2 Å². The van der Waals surface area contributed by atoms with Crippen molar-refractivity contribution in [1.29, 1.82) is 5.26 Å². The molecule has 2 rings (SSSR count). The number of anilines is 1. The molecule has 0 saturated carbocycles. The van der Waals surface area contributed by atoms with E-state index < -0.39 is 15.8 Å². The van der Waals surface area contributed by atoms with Gasteiger partial charge >= 0.3 is 0 Å². The molecular formula is C12H7ClFN3O2S. The summed E-state index contributed by atoms with van der Waals surface area (Å²) in [6.45, 7) is 0. The van der Waals surface area contributed by atoms with Crippen LogP contribution in [0.5, 0.6) is 0 Å². The first-order valence-electron chi connectivity index (χ1n) is 5.26. The largest absolute Gasteiger partial charge is 0.277 e. The van der Waals surface area contributed by atoms with E-state index in [4.69, 9.17) is 16.9 Å². The molecule has 1 aromatic carbocycles. The summed E-state index contributed by atoms with van der Waals surface area (Å²) < 4.78 is 39.6. The van der Waals surface area contributed by atoms with Gasteiger partial charge in [-0.1, -0.05) is 11.6 Å². The number of rotatable bonds is 3. The SMILES string of the molecule is N#Cc1cc(S(=O)(=O)Nc2cnccc2Cl)ccc1F. The van der Waals surface area contributed by atoms with Crippen molar-refractivity contribution in [3.8, 4) is 6.07 Å². The van der Waals surface area contributed by atoms with Crippen LogP contribution in [0.15, 0.2) is 41.6 Å². The minimum atomic E-state index is -3.98. The van der Waals surface area contributed by atoms with Gasteiger partial charge in [-0.15, -0.1) is 0 Å². The maximum Gasteiger partial charge on any atom is 0.262 e. The predicted octanol–water partition coefficient (Wildman–Crippen LogP) is 2.55. The highest BCUT2D eigenvalue weighted by Crippen LogP contribution is 2.23. The number of halogens is 2. The normalized spacial score (nSPS) is 10.8. The number of sulfonamides is 1. The van der Waals surface area contributed by atoms with Crippen LogP contribution in [0.1, 0.15) is 5.56 Å². The molecule has 0 radical (unpaired) electrons. The van der Waals surface area contributed by atoms with Crippen molar-refractivity contribution in [1.82, 2.24) is 4.98 Å². The fourth-order valence-corrected chi connectivity index (χ4v) is 2.71. The third kappa shape index (κ3) is 2.87. The minimum Gasteiger partial charge on any atom is -0.277 e. The van der Waals surface area contributed by atoms with Crippen molar-refractivity contribution in [2.24, 2.45) is 0 Å². The number of hydrogen-bond donors (Lipinski definition) is 1. The van der Waals surface area contributed by atoms with E-state index in [1.54, 1.807) is 6.07 Å². The quantitative estimate of drug-likeness (QED) is 0.944. The minimum absolute atomic E-state index is 0.0944. The summed E-state index contributed by atoms with van der Waals surface area (Å²) in [5.74, 6) is -0.786. The third-order valence-corrected chi connectivity index (χ3v) is 4.07. The van der Waals surface area contributed by atoms with Gasteiger partial charge in [0.1, 0.15) is 11.9 Å². The summed E-state index contributed by atoms with van der Waals surface area (Å²) in [5, 5.41) is 8.88. The van der Waals surface area contributed by atoms with Crippen LogP contribution in [0.3, 0.4) is 0 Å². The molecule has 1 aromatic heterocycles. The Balaban J connectivity index is 2.42. The second-order valence-corrected chi connectivity index (χ2v) is 5.80. The topological polar surface area (TPSA) is 82.8 Å². The number of benzene rings is 1. The Hall–Kier alpha value is -2.17. The highest BCUT2D eigenvalue weighted by atomic mass is 35.5. The van der Waals surface area contributed by atoms with Crippen LogP contribution in [0.2, 0.25) is 5.02 Å². The number of nitriles is 1. The highest BCUT2D eigenvalue weighted by molar-refractivity contribution is 7.92. The molecule has 0 spiro atoms.